The minimum atomic E-state index is -0.535. The van der Waals surface area contributed by atoms with E-state index >= 15 is 0 Å². The van der Waals surface area contributed by atoms with Gasteiger partial charge in [-0.3, -0.25) is 9.97 Å². The van der Waals surface area contributed by atoms with Gasteiger partial charge in [0.1, 0.15) is 22.7 Å². The number of furan rings is 1. The van der Waals surface area contributed by atoms with Crippen LogP contribution in [0.2, 0.25) is 0 Å². The Bertz CT molecular complexity index is 2430. The second-order valence-corrected chi connectivity index (χ2v) is 10.7. The summed E-state index contributed by atoms with van der Waals surface area (Å²) in [6.45, 7) is 0. The van der Waals surface area contributed by atoms with E-state index < -0.39 is 6.17 Å². The van der Waals surface area contributed by atoms with Gasteiger partial charge in [-0.1, -0.05) is 78.9 Å². The van der Waals surface area contributed by atoms with Crippen molar-refractivity contribution in [3.05, 3.63) is 145 Å². The highest BCUT2D eigenvalue weighted by Gasteiger charge is 2.26. The Balaban J connectivity index is 1.41. The van der Waals surface area contributed by atoms with E-state index in [1.165, 1.54) is 10.8 Å². The van der Waals surface area contributed by atoms with Crippen molar-refractivity contribution in [2.75, 3.05) is 0 Å². The number of nitrogens with one attached hydrogen (secondary N) is 1. The summed E-state index contributed by atoms with van der Waals surface area (Å²) in [5.41, 5.74) is 4.12. The molecule has 9 rings (SSSR count). The maximum absolute atomic E-state index is 6.74. The zero-order chi connectivity index (χ0) is 28.3. The van der Waals surface area contributed by atoms with Gasteiger partial charge in [0.05, 0.1) is 5.69 Å². The largest absolute Gasteiger partial charge is 0.455 e. The van der Waals surface area contributed by atoms with Gasteiger partial charge < -0.3 is 9.73 Å². The summed E-state index contributed by atoms with van der Waals surface area (Å²) in [7, 11) is 0. The van der Waals surface area contributed by atoms with Gasteiger partial charge in [0.2, 0.25) is 0 Å². The Labute approximate surface area is 246 Å². The predicted molar refractivity (Wildman–Crippen MR) is 174 cm³/mol. The van der Waals surface area contributed by atoms with Crippen molar-refractivity contribution in [2.45, 2.75) is 6.17 Å². The van der Waals surface area contributed by atoms with Crippen molar-refractivity contribution in [1.82, 2.24) is 15.3 Å². The van der Waals surface area contributed by atoms with E-state index in [1.54, 1.807) is 12.4 Å². The van der Waals surface area contributed by atoms with E-state index in [1.807, 2.05) is 48.5 Å². The molecular weight excluding hydrogens is 530 g/mol. The molecular formula is C37H23N5O. The predicted octanol–water partition coefficient (Wildman–Crippen LogP) is 8.33. The van der Waals surface area contributed by atoms with E-state index in [0.717, 1.165) is 60.4 Å². The van der Waals surface area contributed by atoms with Gasteiger partial charge in [0.15, 0.2) is 12.0 Å². The highest BCUT2D eigenvalue weighted by atomic mass is 16.3. The van der Waals surface area contributed by atoms with Gasteiger partial charge in [-0.15, -0.1) is 0 Å². The smallest absolute Gasteiger partial charge is 0.186 e. The summed E-state index contributed by atoms with van der Waals surface area (Å²) >= 11 is 0. The number of hydrogen-bond acceptors (Lipinski definition) is 6. The molecule has 1 atom stereocenters. The Hall–Kier alpha value is -5.88. The second-order valence-electron chi connectivity index (χ2n) is 10.7. The van der Waals surface area contributed by atoms with Crippen molar-refractivity contribution in [3.63, 3.8) is 0 Å². The fraction of sp³-hybridized carbons (Fsp3) is 0.0270. The summed E-state index contributed by atoms with van der Waals surface area (Å²) in [5, 5.41) is 12.5. The van der Waals surface area contributed by atoms with Crippen molar-refractivity contribution in [1.29, 1.82) is 0 Å². The maximum Gasteiger partial charge on any atom is 0.186 e. The zero-order valence-electron chi connectivity index (χ0n) is 22.9. The SMILES string of the molecule is c1ccc(C2=NC(c3ccccn3)N=C(c3cc4c5ccccc5c5ccccc5c4c4oc5ccccc5c34)N2)nc1. The van der Waals surface area contributed by atoms with E-state index in [-0.39, 0.29) is 0 Å². The third-order valence-electron chi connectivity index (χ3n) is 8.21. The van der Waals surface area contributed by atoms with Crippen LogP contribution in [0.5, 0.6) is 0 Å². The highest BCUT2D eigenvalue weighted by molar-refractivity contribution is 6.36. The first kappa shape index (κ1) is 23.8. The average Bonchev–Trinajstić information content (AvgIpc) is 3.48. The molecule has 0 spiro atoms. The van der Waals surface area contributed by atoms with Gasteiger partial charge in [0.25, 0.3) is 0 Å². The van der Waals surface area contributed by atoms with Crippen LogP contribution >= 0.6 is 0 Å². The van der Waals surface area contributed by atoms with Gasteiger partial charge in [0, 0.05) is 34.1 Å². The van der Waals surface area contributed by atoms with Crippen molar-refractivity contribution in [3.8, 4) is 0 Å². The number of pyridine rings is 2. The number of benzene rings is 5. The van der Waals surface area contributed by atoms with Crippen LogP contribution in [0.4, 0.5) is 0 Å². The van der Waals surface area contributed by atoms with Crippen LogP contribution in [0.1, 0.15) is 23.1 Å². The van der Waals surface area contributed by atoms with Gasteiger partial charge in [-0.05, 0) is 63.3 Å². The molecule has 0 bridgehead atoms. The molecule has 6 nitrogen and oxygen atoms in total. The summed E-state index contributed by atoms with van der Waals surface area (Å²) in [6, 6.07) is 39.3. The lowest BCUT2D eigenvalue weighted by atomic mass is 9.90. The first-order chi connectivity index (χ1) is 21.3. The standard InChI is InChI=1S/C37H23N5O/c1-2-13-24-22(11-1)23-12-3-4-14-25(23)32-27(24)21-28(33-26-15-5-6-18-31(26)43-34(32)33)35-40-36(29-16-7-9-19-38-29)42-37(41-35)30-17-8-10-20-39-30/h1-21,36H,(H,40,41,42). The van der Waals surface area contributed by atoms with E-state index in [0.29, 0.717) is 11.7 Å². The van der Waals surface area contributed by atoms with Crippen LogP contribution in [-0.4, -0.2) is 21.6 Å². The number of fused-ring (bicyclic) bond motifs is 10. The zero-order valence-corrected chi connectivity index (χ0v) is 22.9. The highest BCUT2D eigenvalue weighted by Crippen LogP contribution is 2.43. The number of aliphatic imine (C=N–C) groups is 2. The molecule has 4 heterocycles. The van der Waals surface area contributed by atoms with Crippen molar-refractivity contribution < 1.29 is 4.42 Å². The molecule has 8 aromatic rings. The summed E-state index contributed by atoms with van der Waals surface area (Å²) in [6.07, 6.45) is 3.01. The number of hydrogen-bond donors (Lipinski definition) is 1. The minimum absolute atomic E-state index is 0.535. The van der Waals surface area contributed by atoms with Gasteiger partial charge >= 0.3 is 0 Å². The molecule has 202 valence electrons. The van der Waals surface area contributed by atoms with Crippen molar-refractivity contribution in [2.24, 2.45) is 9.98 Å². The summed E-state index contributed by atoms with van der Waals surface area (Å²) in [4.78, 5) is 19.3. The molecule has 5 aromatic carbocycles. The Morgan fingerprint density at radius 1 is 0.535 bits per heavy atom. The van der Waals surface area contributed by atoms with E-state index in [2.05, 4.69) is 82.0 Å². The molecule has 0 amide bonds. The van der Waals surface area contributed by atoms with Crippen LogP contribution in [0.15, 0.2) is 142 Å². The molecule has 0 fully saturated rings. The number of aromatic nitrogens is 2. The first-order valence-corrected chi connectivity index (χ1v) is 14.3. The van der Waals surface area contributed by atoms with Crippen LogP contribution < -0.4 is 5.32 Å². The van der Waals surface area contributed by atoms with Crippen LogP contribution in [0, 0.1) is 0 Å². The third kappa shape index (κ3) is 3.66. The number of nitrogens with zero attached hydrogens (tertiary/aromatic N) is 4. The van der Waals surface area contributed by atoms with Crippen LogP contribution in [0.25, 0.3) is 54.3 Å². The number of rotatable bonds is 3. The molecule has 0 aliphatic carbocycles. The monoisotopic (exact) mass is 553 g/mol. The Morgan fingerprint density at radius 3 is 1.91 bits per heavy atom. The van der Waals surface area contributed by atoms with Crippen LogP contribution in [-0.2, 0) is 0 Å². The van der Waals surface area contributed by atoms with Crippen molar-refractivity contribution >= 4 is 65.9 Å². The lowest BCUT2D eigenvalue weighted by Gasteiger charge is -2.22. The normalized spacial score (nSPS) is 15.2. The third-order valence-corrected chi connectivity index (χ3v) is 8.21. The molecule has 1 N–H and O–H groups in total. The maximum atomic E-state index is 6.74. The van der Waals surface area contributed by atoms with Gasteiger partial charge in [-0.2, -0.15) is 0 Å². The molecule has 0 saturated carbocycles. The molecule has 6 heteroatoms. The molecule has 0 radical (unpaired) electrons. The fourth-order valence-electron chi connectivity index (χ4n) is 6.34. The minimum Gasteiger partial charge on any atom is -0.455 e. The number of amidine groups is 2. The topological polar surface area (TPSA) is 75.7 Å². The molecule has 43 heavy (non-hydrogen) atoms. The molecule has 0 saturated heterocycles. The molecule has 3 aromatic heterocycles. The number of para-hydroxylation sites is 1. The molecule has 1 aliphatic rings. The average molecular weight is 554 g/mol. The lowest BCUT2D eigenvalue weighted by molar-refractivity contribution is 0.673. The summed E-state index contributed by atoms with van der Waals surface area (Å²) in [5.74, 6) is 1.34. The summed E-state index contributed by atoms with van der Waals surface area (Å²) < 4.78 is 6.74. The molecule has 1 aliphatic heterocycles. The van der Waals surface area contributed by atoms with Gasteiger partial charge in [-0.25, -0.2) is 9.98 Å². The first-order valence-electron chi connectivity index (χ1n) is 14.3. The van der Waals surface area contributed by atoms with E-state index in [4.69, 9.17) is 14.4 Å². The Kier molecular flexibility index (Phi) is 5.16. The molecule has 1 unspecified atom stereocenters. The Morgan fingerprint density at radius 2 is 1.16 bits per heavy atom. The second kappa shape index (κ2) is 9.33. The lowest BCUT2D eigenvalue weighted by Crippen LogP contribution is -2.36. The van der Waals surface area contributed by atoms with E-state index in [9.17, 15) is 0 Å². The van der Waals surface area contributed by atoms with Crippen LogP contribution in [0.3, 0.4) is 0 Å². The fourth-order valence-corrected chi connectivity index (χ4v) is 6.34. The quantitative estimate of drug-likeness (QED) is 0.223.